The monoisotopic (exact) mass is 202 g/mol. The highest BCUT2D eigenvalue weighted by Crippen LogP contribution is 2.34. The van der Waals surface area contributed by atoms with Crippen LogP contribution in [0.15, 0.2) is 0 Å². The molecule has 1 aromatic carbocycles. The molecule has 0 saturated heterocycles. The van der Waals surface area contributed by atoms with Crippen LogP contribution in [0.25, 0.3) is 0 Å². The van der Waals surface area contributed by atoms with E-state index in [1.165, 1.54) is 32.1 Å². The molecule has 2 rings (SSSR count). The molecule has 0 aliphatic heterocycles. The van der Waals surface area contributed by atoms with Gasteiger partial charge in [0.05, 0.1) is 0 Å². The van der Waals surface area contributed by atoms with Gasteiger partial charge in [-0.05, 0) is 79.3 Å². The Morgan fingerprint density at radius 3 is 1.53 bits per heavy atom. The third-order valence-electron chi connectivity index (χ3n) is 4.10. The predicted octanol–water partition coefficient (Wildman–Crippen LogP) is 3.92. The first-order valence-corrected chi connectivity index (χ1v) is 6.33. The van der Waals surface area contributed by atoms with E-state index in [9.17, 15) is 0 Å². The Balaban J connectivity index is 2.71. The minimum Gasteiger partial charge on any atom is -0.0613 e. The van der Waals surface area contributed by atoms with Crippen molar-refractivity contribution in [3.8, 4) is 0 Å². The van der Waals surface area contributed by atoms with E-state index in [1.807, 2.05) is 0 Å². The molecule has 1 aromatic rings. The second-order valence-electron chi connectivity index (χ2n) is 4.72. The van der Waals surface area contributed by atoms with Gasteiger partial charge in [-0.3, -0.25) is 0 Å². The molecule has 0 nitrogen and oxygen atoms in total. The van der Waals surface area contributed by atoms with Crippen molar-refractivity contribution < 1.29 is 0 Å². The fourth-order valence-electron chi connectivity index (χ4n) is 3.35. The number of benzene rings is 1. The van der Waals surface area contributed by atoms with Gasteiger partial charge in [-0.1, -0.05) is 13.8 Å². The number of fused-ring (bicyclic) bond motifs is 1. The quantitative estimate of drug-likeness (QED) is 0.682. The van der Waals surface area contributed by atoms with Gasteiger partial charge in [0.1, 0.15) is 0 Å². The molecular weight excluding hydrogens is 180 g/mol. The molecule has 0 atom stereocenters. The summed E-state index contributed by atoms with van der Waals surface area (Å²) in [4.78, 5) is 0. The minimum atomic E-state index is 1.20. The summed E-state index contributed by atoms with van der Waals surface area (Å²) in [6.07, 6.45) is 6.40. The van der Waals surface area contributed by atoms with Crippen LogP contribution in [-0.2, 0) is 25.7 Å². The summed E-state index contributed by atoms with van der Waals surface area (Å²) >= 11 is 0. The highest BCUT2D eigenvalue weighted by molar-refractivity contribution is 5.52. The lowest BCUT2D eigenvalue weighted by atomic mass is 9.87. The lowest BCUT2D eigenvalue weighted by molar-refractivity contribution is 0.906. The predicted molar refractivity (Wildman–Crippen MR) is 66.7 cm³/mol. The third-order valence-corrected chi connectivity index (χ3v) is 4.10. The van der Waals surface area contributed by atoms with Crippen LogP contribution in [0.3, 0.4) is 0 Å². The maximum absolute atomic E-state index is 2.33. The van der Waals surface area contributed by atoms with Crippen molar-refractivity contribution in [1.82, 2.24) is 0 Å². The van der Waals surface area contributed by atoms with Gasteiger partial charge < -0.3 is 0 Å². The zero-order chi connectivity index (χ0) is 11.0. The van der Waals surface area contributed by atoms with Crippen LogP contribution in [0, 0.1) is 13.8 Å². The summed E-state index contributed by atoms with van der Waals surface area (Å²) in [7, 11) is 0. The van der Waals surface area contributed by atoms with Crippen LogP contribution < -0.4 is 0 Å². The molecule has 1 aliphatic carbocycles. The average molecular weight is 202 g/mol. The molecule has 0 unspecified atom stereocenters. The van der Waals surface area contributed by atoms with Crippen molar-refractivity contribution >= 4 is 0 Å². The summed E-state index contributed by atoms with van der Waals surface area (Å²) in [5.41, 5.74) is 9.84. The fourth-order valence-corrected chi connectivity index (χ4v) is 3.35. The van der Waals surface area contributed by atoms with E-state index >= 15 is 0 Å². The molecule has 1 aliphatic rings. The van der Waals surface area contributed by atoms with Gasteiger partial charge in [-0.25, -0.2) is 0 Å². The Morgan fingerprint density at radius 2 is 1.20 bits per heavy atom. The van der Waals surface area contributed by atoms with Crippen molar-refractivity contribution in [1.29, 1.82) is 0 Å². The lowest BCUT2D eigenvalue weighted by Crippen LogP contribution is -2.04. The summed E-state index contributed by atoms with van der Waals surface area (Å²) in [5, 5.41) is 0. The molecule has 0 heteroatoms. The van der Waals surface area contributed by atoms with E-state index < -0.39 is 0 Å². The number of rotatable bonds is 2. The van der Waals surface area contributed by atoms with Gasteiger partial charge in [0.2, 0.25) is 0 Å². The van der Waals surface area contributed by atoms with Crippen molar-refractivity contribution in [3.63, 3.8) is 0 Å². The smallest absolute Gasteiger partial charge is 0.0270 e. The van der Waals surface area contributed by atoms with Crippen LogP contribution in [0.1, 0.15) is 53.6 Å². The lowest BCUT2D eigenvalue weighted by Gasteiger charge is -2.19. The van der Waals surface area contributed by atoms with E-state index in [2.05, 4.69) is 27.7 Å². The molecule has 0 aromatic heterocycles. The molecule has 0 fully saturated rings. The van der Waals surface area contributed by atoms with Crippen molar-refractivity contribution in [2.24, 2.45) is 0 Å². The van der Waals surface area contributed by atoms with Gasteiger partial charge in [0, 0.05) is 0 Å². The molecule has 0 radical (unpaired) electrons. The second-order valence-corrected chi connectivity index (χ2v) is 4.72. The molecule has 0 amide bonds. The van der Waals surface area contributed by atoms with Crippen LogP contribution in [0.2, 0.25) is 0 Å². The summed E-state index contributed by atoms with van der Waals surface area (Å²) < 4.78 is 0. The number of hydrogen-bond donors (Lipinski definition) is 0. The minimum absolute atomic E-state index is 1.20. The van der Waals surface area contributed by atoms with E-state index in [4.69, 9.17) is 0 Å². The maximum atomic E-state index is 2.33. The van der Waals surface area contributed by atoms with E-state index in [0.717, 1.165) is 0 Å². The molecular formula is C15H22. The summed E-state index contributed by atoms with van der Waals surface area (Å²) in [5.74, 6) is 0. The van der Waals surface area contributed by atoms with Gasteiger partial charge in [0.15, 0.2) is 0 Å². The normalized spacial score (nSPS) is 14.4. The Bertz CT molecular complexity index is 349. The Morgan fingerprint density at radius 1 is 0.800 bits per heavy atom. The Labute approximate surface area is 93.7 Å². The molecule has 82 valence electrons. The van der Waals surface area contributed by atoms with Crippen molar-refractivity contribution in [2.75, 3.05) is 0 Å². The first-order valence-electron chi connectivity index (χ1n) is 6.33. The standard InChI is InChI=1S/C15H22/c1-5-12-10(3)14-8-7-9-15(14)11(4)13(12)6-2/h5-9H2,1-4H3. The highest BCUT2D eigenvalue weighted by atomic mass is 14.3. The molecule has 15 heavy (non-hydrogen) atoms. The summed E-state index contributed by atoms with van der Waals surface area (Å²) in [6, 6.07) is 0. The highest BCUT2D eigenvalue weighted by Gasteiger charge is 2.20. The van der Waals surface area contributed by atoms with E-state index in [1.54, 1.807) is 33.4 Å². The topological polar surface area (TPSA) is 0 Å². The molecule has 0 spiro atoms. The zero-order valence-electron chi connectivity index (χ0n) is 10.5. The Kier molecular flexibility index (Phi) is 2.86. The maximum Gasteiger partial charge on any atom is -0.0270 e. The third kappa shape index (κ3) is 1.51. The van der Waals surface area contributed by atoms with E-state index in [0.29, 0.717) is 0 Å². The SMILES string of the molecule is CCc1c(C)c2c(c(C)c1CC)CCC2. The van der Waals surface area contributed by atoms with E-state index in [-0.39, 0.29) is 0 Å². The van der Waals surface area contributed by atoms with Gasteiger partial charge in [-0.2, -0.15) is 0 Å². The van der Waals surface area contributed by atoms with Crippen LogP contribution >= 0.6 is 0 Å². The number of hydrogen-bond acceptors (Lipinski definition) is 0. The molecule has 0 N–H and O–H groups in total. The van der Waals surface area contributed by atoms with Gasteiger partial charge >= 0.3 is 0 Å². The van der Waals surface area contributed by atoms with Crippen molar-refractivity contribution in [3.05, 3.63) is 33.4 Å². The zero-order valence-corrected chi connectivity index (χ0v) is 10.5. The van der Waals surface area contributed by atoms with Crippen molar-refractivity contribution in [2.45, 2.75) is 59.8 Å². The van der Waals surface area contributed by atoms with Crippen LogP contribution in [0.4, 0.5) is 0 Å². The largest absolute Gasteiger partial charge is 0.0613 e. The van der Waals surface area contributed by atoms with Crippen LogP contribution in [-0.4, -0.2) is 0 Å². The molecule has 0 saturated carbocycles. The molecule has 0 heterocycles. The fraction of sp³-hybridized carbons (Fsp3) is 0.600. The van der Waals surface area contributed by atoms with Gasteiger partial charge in [-0.15, -0.1) is 0 Å². The second kappa shape index (κ2) is 4.00. The summed E-state index contributed by atoms with van der Waals surface area (Å²) in [6.45, 7) is 9.26. The average Bonchev–Trinajstić information content (AvgIpc) is 2.72. The van der Waals surface area contributed by atoms with Gasteiger partial charge in [0.25, 0.3) is 0 Å². The Hall–Kier alpha value is -0.780. The first-order chi connectivity index (χ1) is 7.20. The first kappa shape index (κ1) is 10.7. The van der Waals surface area contributed by atoms with Crippen LogP contribution in [0.5, 0.6) is 0 Å². The molecule has 0 bridgehead atoms.